The lowest BCUT2D eigenvalue weighted by atomic mass is 10.2. The van der Waals surface area contributed by atoms with Gasteiger partial charge in [0.05, 0.1) is 11.1 Å². The molecule has 5 nitrogen and oxygen atoms in total. The summed E-state index contributed by atoms with van der Waals surface area (Å²) in [6.45, 7) is 0. The van der Waals surface area contributed by atoms with Gasteiger partial charge in [-0.1, -0.05) is 46.8 Å². The van der Waals surface area contributed by atoms with E-state index in [4.69, 9.17) is 4.52 Å². The number of carbonyl (C=O) groups excluding carboxylic acids is 1. The molecule has 19 heavy (non-hydrogen) atoms. The second-order valence-electron chi connectivity index (χ2n) is 3.70. The Kier molecular flexibility index (Phi) is 3.07. The van der Waals surface area contributed by atoms with E-state index in [1.807, 2.05) is 30.3 Å². The summed E-state index contributed by atoms with van der Waals surface area (Å²) in [5.74, 6) is 0.351. The van der Waals surface area contributed by atoms with E-state index in [1.54, 1.807) is 12.3 Å². The van der Waals surface area contributed by atoms with Crippen molar-refractivity contribution in [2.24, 2.45) is 0 Å². The molecule has 94 valence electrons. The topological polar surface area (TPSA) is 59.2 Å². The van der Waals surface area contributed by atoms with Crippen LogP contribution in [0.4, 0.5) is 11.0 Å². The first kappa shape index (κ1) is 11.6. The second kappa shape index (κ2) is 5.03. The molecule has 0 saturated heterocycles. The number of amides is 1. The van der Waals surface area contributed by atoms with Crippen molar-refractivity contribution in [3.63, 3.8) is 0 Å². The maximum absolute atomic E-state index is 11.2. The van der Waals surface area contributed by atoms with Crippen LogP contribution in [0.15, 0.2) is 53.3 Å². The molecule has 0 unspecified atom stereocenters. The van der Waals surface area contributed by atoms with E-state index < -0.39 is 0 Å². The number of anilines is 2. The monoisotopic (exact) mass is 271 g/mol. The van der Waals surface area contributed by atoms with Gasteiger partial charge < -0.3 is 4.52 Å². The van der Waals surface area contributed by atoms with Crippen LogP contribution in [0.3, 0.4) is 0 Å². The molecule has 1 amide bonds. The fourth-order valence-electron chi connectivity index (χ4n) is 1.64. The van der Waals surface area contributed by atoms with Crippen molar-refractivity contribution in [3.8, 4) is 10.4 Å². The first-order chi connectivity index (χ1) is 9.38. The minimum Gasteiger partial charge on any atom is -0.338 e. The van der Waals surface area contributed by atoms with Crippen LogP contribution >= 0.6 is 11.3 Å². The number of thiazole rings is 1. The summed E-state index contributed by atoms with van der Waals surface area (Å²) in [7, 11) is 0. The summed E-state index contributed by atoms with van der Waals surface area (Å²) in [4.78, 5) is 17.7. The van der Waals surface area contributed by atoms with E-state index in [1.165, 1.54) is 22.4 Å². The lowest BCUT2D eigenvalue weighted by Gasteiger charge is -2.07. The summed E-state index contributed by atoms with van der Waals surface area (Å²) in [5.41, 5.74) is 1.06. The molecule has 1 aromatic carbocycles. The van der Waals surface area contributed by atoms with Gasteiger partial charge in [-0.2, -0.15) is 0 Å². The standard InChI is InChI=1S/C13H9N3O2S/c17-9-16(12-6-7-15-18-12)13-14-8-11(19-13)10-4-2-1-3-5-10/h1-9H. The van der Waals surface area contributed by atoms with Crippen molar-refractivity contribution >= 4 is 28.8 Å². The van der Waals surface area contributed by atoms with Gasteiger partial charge in [-0.05, 0) is 5.56 Å². The predicted molar refractivity (Wildman–Crippen MR) is 72.3 cm³/mol. The highest BCUT2D eigenvalue weighted by Gasteiger charge is 2.16. The molecule has 2 aromatic heterocycles. The van der Waals surface area contributed by atoms with Gasteiger partial charge in [0.25, 0.3) is 0 Å². The number of aromatic nitrogens is 2. The van der Waals surface area contributed by atoms with E-state index in [0.29, 0.717) is 17.4 Å². The molecule has 0 radical (unpaired) electrons. The van der Waals surface area contributed by atoms with Crippen LogP contribution in [0.5, 0.6) is 0 Å². The molecule has 0 fully saturated rings. The van der Waals surface area contributed by atoms with Crippen molar-refractivity contribution in [2.75, 3.05) is 4.90 Å². The predicted octanol–water partition coefficient (Wildman–Crippen LogP) is 3.09. The normalized spacial score (nSPS) is 10.3. The smallest absolute Gasteiger partial charge is 0.240 e. The van der Waals surface area contributed by atoms with Crippen LogP contribution in [0.2, 0.25) is 0 Å². The maximum Gasteiger partial charge on any atom is 0.240 e. The van der Waals surface area contributed by atoms with E-state index in [-0.39, 0.29) is 0 Å². The Labute approximate surface area is 113 Å². The Morgan fingerprint density at radius 1 is 1.21 bits per heavy atom. The average Bonchev–Trinajstić information content (AvgIpc) is 3.12. The van der Waals surface area contributed by atoms with Gasteiger partial charge in [-0.3, -0.25) is 4.79 Å². The molecule has 3 rings (SSSR count). The summed E-state index contributed by atoms with van der Waals surface area (Å²) in [5, 5.41) is 4.13. The van der Waals surface area contributed by atoms with Crippen molar-refractivity contribution in [3.05, 3.63) is 48.8 Å². The molecule has 0 spiro atoms. The zero-order valence-corrected chi connectivity index (χ0v) is 10.6. The zero-order chi connectivity index (χ0) is 13.1. The van der Waals surface area contributed by atoms with Gasteiger partial charge >= 0.3 is 0 Å². The molecular weight excluding hydrogens is 262 g/mol. The highest BCUT2D eigenvalue weighted by atomic mass is 32.1. The van der Waals surface area contributed by atoms with Crippen molar-refractivity contribution in [1.29, 1.82) is 0 Å². The third kappa shape index (κ3) is 2.25. The van der Waals surface area contributed by atoms with Crippen LogP contribution in [0.25, 0.3) is 10.4 Å². The molecule has 0 N–H and O–H groups in total. The van der Waals surface area contributed by atoms with Crippen molar-refractivity contribution in [2.45, 2.75) is 0 Å². The van der Waals surface area contributed by atoms with Gasteiger partial charge in [-0.25, -0.2) is 9.88 Å². The molecule has 0 aliphatic rings. The number of nitrogens with zero attached hydrogens (tertiary/aromatic N) is 3. The number of carbonyl (C=O) groups is 1. The van der Waals surface area contributed by atoms with E-state index in [9.17, 15) is 4.79 Å². The quantitative estimate of drug-likeness (QED) is 0.684. The molecule has 0 aliphatic carbocycles. The van der Waals surface area contributed by atoms with Gasteiger partial charge in [0, 0.05) is 12.3 Å². The number of rotatable bonds is 4. The molecule has 0 bridgehead atoms. The van der Waals surface area contributed by atoms with Gasteiger partial charge in [0.2, 0.25) is 12.3 Å². The number of benzene rings is 1. The summed E-state index contributed by atoms with van der Waals surface area (Å²) in [6, 6.07) is 11.5. The van der Waals surface area contributed by atoms with Crippen LogP contribution in [-0.4, -0.2) is 16.6 Å². The average molecular weight is 271 g/mol. The number of hydrogen-bond donors (Lipinski definition) is 0. The highest BCUT2D eigenvalue weighted by Crippen LogP contribution is 2.33. The molecule has 6 heteroatoms. The number of hydrogen-bond acceptors (Lipinski definition) is 5. The molecule has 0 saturated carbocycles. The van der Waals surface area contributed by atoms with E-state index in [0.717, 1.165) is 10.4 Å². The Hall–Kier alpha value is -2.47. The van der Waals surface area contributed by atoms with E-state index in [2.05, 4.69) is 10.1 Å². The molecule has 2 heterocycles. The van der Waals surface area contributed by atoms with Crippen LogP contribution in [-0.2, 0) is 4.79 Å². The Morgan fingerprint density at radius 2 is 2.05 bits per heavy atom. The van der Waals surface area contributed by atoms with Gasteiger partial charge in [0.1, 0.15) is 0 Å². The first-order valence-electron chi connectivity index (χ1n) is 5.55. The fraction of sp³-hybridized carbons (Fsp3) is 0. The highest BCUT2D eigenvalue weighted by molar-refractivity contribution is 7.19. The van der Waals surface area contributed by atoms with Crippen LogP contribution in [0, 0.1) is 0 Å². The van der Waals surface area contributed by atoms with Crippen LogP contribution in [0.1, 0.15) is 0 Å². The Balaban J connectivity index is 1.95. The van der Waals surface area contributed by atoms with Gasteiger partial charge in [0.15, 0.2) is 5.13 Å². The maximum atomic E-state index is 11.2. The zero-order valence-electron chi connectivity index (χ0n) is 9.76. The summed E-state index contributed by atoms with van der Waals surface area (Å²) >= 11 is 1.41. The van der Waals surface area contributed by atoms with Crippen molar-refractivity contribution < 1.29 is 9.32 Å². The minimum atomic E-state index is 0.351. The summed E-state index contributed by atoms with van der Waals surface area (Å²) < 4.78 is 4.97. The third-order valence-electron chi connectivity index (χ3n) is 2.52. The molecular formula is C13H9N3O2S. The Bertz CT molecular complexity index is 664. The van der Waals surface area contributed by atoms with E-state index >= 15 is 0 Å². The fourth-order valence-corrected chi connectivity index (χ4v) is 2.53. The lowest BCUT2D eigenvalue weighted by Crippen LogP contribution is -2.12. The second-order valence-corrected chi connectivity index (χ2v) is 4.71. The SMILES string of the molecule is O=CN(c1ccno1)c1ncc(-c2ccccc2)s1. The largest absolute Gasteiger partial charge is 0.338 e. The molecule has 0 atom stereocenters. The molecule has 3 aromatic rings. The summed E-state index contributed by atoms with van der Waals surface area (Å²) in [6.07, 6.45) is 3.88. The minimum absolute atomic E-state index is 0.351. The third-order valence-corrected chi connectivity index (χ3v) is 3.57. The Morgan fingerprint density at radius 3 is 2.74 bits per heavy atom. The molecule has 0 aliphatic heterocycles. The van der Waals surface area contributed by atoms with Crippen molar-refractivity contribution in [1.82, 2.24) is 10.1 Å². The lowest BCUT2D eigenvalue weighted by molar-refractivity contribution is -0.107. The van der Waals surface area contributed by atoms with Gasteiger partial charge in [-0.15, -0.1) is 0 Å². The first-order valence-corrected chi connectivity index (χ1v) is 6.36. The van der Waals surface area contributed by atoms with Crippen LogP contribution < -0.4 is 4.90 Å².